The van der Waals surface area contributed by atoms with Gasteiger partial charge >= 0.3 is 5.97 Å². The Labute approximate surface area is 110 Å². The highest BCUT2D eigenvalue weighted by Gasteiger charge is 2.24. The minimum absolute atomic E-state index is 0.197. The van der Waals surface area contributed by atoms with Gasteiger partial charge in [0, 0.05) is 0 Å². The van der Waals surface area contributed by atoms with Crippen LogP contribution in [0.5, 0.6) is 11.5 Å². The summed E-state index contributed by atoms with van der Waals surface area (Å²) in [5.74, 6) is 1.11. The summed E-state index contributed by atoms with van der Waals surface area (Å²) in [5.41, 5.74) is 0. The average Bonchev–Trinajstić information content (AvgIpc) is 2.45. The van der Waals surface area contributed by atoms with Crippen LogP contribution >= 0.6 is 0 Å². The molecule has 0 spiro atoms. The van der Waals surface area contributed by atoms with Gasteiger partial charge in [-0.15, -0.1) is 0 Å². The van der Waals surface area contributed by atoms with Crippen molar-refractivity contribution in [2.24, 2.45) is 0 Å². The Bertz CT molecular complexity index is 621. The van der Waals surface area contributed by atoms with Gasteiger partial charge in [0.25, 0.3) is 0 Å². The van der Waals surface area contributed by atoms with Crippen molar-refractivity contribution in [3.8, 4) is 11.5 Å². The van der Waals surface area contributed by atoms with Crippen molar-refractivity contribution >= 4 is 16.7 Å². The molecule has 0 amide bonds. The van der Waals surface area contributed by atoms with Crippen LogP contribution in [-0.4, -0.2) is 25.8 Å². The molecule has 0 N–H and O–H groups in total. The second kappa shape index (κ2) is 4.80. The molecule has 4 heteroatoms. The quantitative estimate of drug-likeness (QED) is 0.776. The van der Waals surface area contributed by atoms with Gasteiger partial charge in [0.15, 0.2) is 11.5 Å². The maximum Gasteiger partial charge on any atom is 0.309 e. The molecule has 2 aromatic carbocycles. The Morgan fingerprint density at radius 2 is 1.95 bits per heavy atom. The lowest BCUT2D eigenvalue weighted by molar-refractivity contribution is -0.143. The predicted octanol–water partition coefficient (Wildman–Crippen LogP) is 2.54. The summed E-state index contributed by atoms with van der Waals surface area (Å²) >= 11 is 0. The summed E-state index contributed by atoms with van der Waals surface area (Å²) in [6.45, 7) is 0.362. The van der Waals surface area contributed by atoms with Crippen LogP contribution in [-0.2, 0) is 9.53 Å². The lowest BCUT2D eigenvalue weighted by atomic mass is 10.1. The van der Waals surface area contributed by atoms with Gasteiger partial charge in [-0.05, 0) is 22.9 Å². The van der Waals surface area contributed by atoms with Gasteiger partial charge in [-0.3, -0.25) is 4.79 Å². The van der Waals surface area contributed by atoms with E-state index in [1.165, 1.54) is 7.11 Å². The molecular formula is C15H14O4. The van der Waals surface area contributed by atoms with Crippen molar-refractivity contribution in [3.63, 3.8) is 0 Å². The zero-order valence-corrected chi connectivity index (χ0v) is 10.6. The third-order valence-electron chi connectivity index (χ3n) is 3.15. The molecule has 0 saturated carbocycles. The zero-order chi connectivity index (χ0) is 13.2. The van der Waals surface area contributed by atoms with Crippen LogP contribution < -0.4 is 9.47 Å². The molecule has 1 heterocycles. The predicted molar refractivity (Wildman–Crippen MR) is 70.5 cm³/mol. The summed E-state index contributed by atoms with van der Waals surface area (Å²) in [4.78, 5) is 11.2. The van der Waals surface area contributed by atoms with Gasteiger partial charge in [-0.25, -0.2) is 0 Å². The number of benzene rings is 2. The van der Waals surface area contributed by atoms with Crippen molar-refractivity contribution < 1.29 is 19.0 Å². The Morgan fingerprint density at radius 3 is 2.63 bits per heavy atom. The van der Waals surface area contributed by atoms with E-state index in [2.05, 4.69) is 4.74 Å². The third kappa shape index (κ3) is 2.34. The molecule has 2 aromatic rings. The van der Waals surface area contributed by atoms with Gasteiger partial charge in [0.1, 0.15) is 12.7 Å². The summed E-state index contributed by atoms with van der Waals surface area (Å²) < 4.78 is 16.1. The number of esters is 1. The third-order valence-corrected chi connectivity index (χ3v) is 3.15. The number of hydrogen-bond acceptors (Lipinski definition) is 4. The van der Waals surface area contributed by atoms with Gasteiger partial charge in [0.05, 0.1) is 13.5 Å². The molecule has 3 rings (SSSR count). The number of methoxy groups -OCH3 is 1. The van der Waals surface area contributed by atoms with Crippen molar-refractivity contribution in [2.45, 2.75) is 12.5 Å². The fraction of sp³-hybridized carbons (Fsp3) is 0.267. The maximum absolute atomic E-state index is 11.2. The van der Waals surface area contributed by atoms with E-state index in [0.717, 1.165) is 16.5 Å². The first-order valence-electron chi connectivity index (χ1n) is 6.15. The monoisotopic (exact) mass is 258 g/mol. The molecule has 19 heavy (non-hydrogen) atoms. The van der Waals surface area contributed by atoms with E-state index in [1.54, 1.807) is 0 Å². The van der Waals surface area contributed by atoms with Crippen LogP contribution in [0.15, 0.2) is 36.4 Å². The molecule has 1 unspecified atom stereocenters. The van der Waals surface area contributed by atoms with Crippen molar-refractivity contribution in [2.75, 3.05) is 13.7 Å². The normalized spacial score (nSPS) is 17.2. The molecule has 0 fully saturated rings. The maximum atomic E-state index is 11.2. The van der Waals surface area contributed by atoms with E-state index in [4.69, 9.17) is 9.47 Å². The number of hydrogen-bond donors (Lipinski definition) is 0. The van der Waals surface area contributed by atoms with Crippen molar-refractivity contribution in [3.05, 3.63) is 36.4 Å². The lowest BCUT2D eigenvalue weighted by Crippen LogP contribution is -2.31. The molecule has 1 aliphatic heterocycles. The number of carbonyl (C=O) groups is 1. The molecular weight excluding hydrogens is 244 g/mol. The van der Waals surface area contributed by atoms with Crippen molar-refractivity contribution in [1.29, 1.82) is 0 Å². The van der Waals surface area contributed by atoms with E-state index in [1.807, 2.05) is 36.4 Å². The second-order valence-electron chi connectivity index (χ2n) is 4.48. The summed E-state index contributed by atoms with van der Waals surface area (Å²) in [6.07, 6.45) is -0.0934. The van der Waals surface area contributed by atoms with Gasteiger partial charge in [-0.1, -0.05) is 24.3 Å². The molecule has 1 atom stereocenters. The second-order valence-corrected chi connectivity index (χ2v) is 4.48. The van der Waals surface area contributed by atoms with E-state index >= 15 is 0 Å². The number of fused-ring (bicyclic) bond motifs is 2. The highest BCUT2D eigenvalue weighted by atomic mass is 16.6. The van der Waals surface area contributed by atoms with Crippen molar-refractivity contribution in [1.82, 2.24) is 0 Å². The molecule has 0 aromatic heterocycles. The smallest absolute Gasteiger partial charge is 0.309 e. The van der Waals surface area contributed by atoms with E-state index in [0.29, 0.717) is 12.4 Å². The average molecular weight is 258 g/mol. The first-order chi connectivity index (χ1) is 9.26. The Balaban J connectivity index is 1.88. The fourth-order valence-corrected chi connectivity index (χ4v) is 2.17. The minimum atomic E-state index is -0.294. The van der Waals surface area contributed by atoms with Crippen LogP contribution in [0.25, 0.3) is 10.8 Å². The van der Waals surface area contributed by atoms with Gasteiger partial charge < -0.3 is 14.2 Å². The van der Waals surface area contributed by atoms with Crippen LogP contribution in [0.3, 0.4) is 0 Å². The van der Waals surface area contributed by atoms with Crippen LogP contribution in [0.2, 0.25) is 0 Å². The Kier molecular flexibility index (Phi) is 2.99. The standard InChI is InChI=1S/C15H14O4/c1-17-15(16)8-12-9-18-13-6-10-4-2-3-5-11(10)7-14(13)19-12/h2-7,12H,8-9H2,1H3. The fourth-order valence-electron chi connectivity index (χ4n) is 2.17. The van der Waals surface area contributed by atoms with Gasteiger partial charge in [0.2, 0.25) is 0 Å². The molecule has 0 saturated heterocycles. The van der Waals surface area contributed by atoms with E-state index in [-0.39, 0.29) is 18.5 Å². The van der Waals surface area contributed by atoms with Crippen LogP contribution in [0, 0.1) is 0 Å². The minimum Gasteiger partial charge on any atom is -0.486 e. The molecule has 0 radical (unpaired) electrons. The topological polar surface area (TPSA) is 44.8 Å². The summed E-state index contributed by atoms with van der Waals surface area (Å²) in [5, 5.41) is 2.19. The van der Waals surface area contributed by atoms with Crippen LogP contribution in [0.4, 0.5) is 0 Å². The van der Waals surface area contributed by atoms with Crippen LogP contribution in [0.1, 0.15) is 6.42 Å². The molecule has 4 nitrogen and oxygen atoms in total. The number of carbonyl (C=O) groups excluding carboxylic acids is 1. The van der Waals surface area contributed by atoms with Gasteiger partial charge in [-0.2, -0.15) is 0 Å². The number of ether oxygens (including phenoxy) is 3. The molecule has 1 aliphatic rings. The SMILES string of the molecule is COC(=O)CC1COc2cc3ccccc3cc2O1. The summed E-state index contributed by atoms with van der Waals surface area (Å²) in [6, 6.07) is 11.9. The largest absolute Gasteiger partial charge is 0.486 e. The molecule has 98 valence electrons. The van der Waals surface area contributed by atoms with E-state index < -0.39 is 0 Å². The highest BCUT2D eigenvalue weighted by Crippen LogP contribution is 2.36. The Hall–Kier alpha value is -2.23. The van der Waals surface area contributed by atoms with E-state index in [9.17, 15) is 4.79 Å². The number of rotatable bonds is 2. The highest BCUT2D eigenvalue weighted by molar-refractivity contribution is 5.86. The molecule has 0 bridgehead atoms. The lowest BCUT2D eigenvalue weighted by Gasteiger charge is -2.26. The zero-order valence-electron chi connectivity index (χ0n) is 10.6. The Morgan fingerprint density at radius 1 is 1.26 bits per heavy atom. The summed E-state index contributed by atoms with van der Waals surface area (Å²) in [7, 11) is 1.37. The first-order valence-corrected chi connectivity index (χ1v) is 6.15. The first kappa shape index (κ1) is 11.8. The molecule has 0 aliphatic carbocycles.